The summed E-state index contributed by atoms with van der Waals surface area (Å²) in [6.45, 7) is 0. The van der Waals surface area contributed by atoms with E-state index in [1.165, 1.54) is 12.3 Å². The lowest BCUT2D eigenvalue weighted by Crippen LogP contribution is -2.11. The molecule has 0 unspecified atom stereocenters. The van der Waals surface area contributed by atoms with E-state index in [4.69, 9.17) is 11.6 Å². The minimum atomic E-state index is -4.62. The number of halogens is 4. The molecule has 3 nitrogen and oxygen atoms in total. The maximum absolute atomic E-state index is 12.3. The summed E-state index contributed by atoms with van der Waals surface area (Å²) in [4.78, 5) is 10.1. The Bertz CT molecular complexity index is 512. The first-order valence-electron chi connectivity index (χ1n) is 3.84. The topological polar surface area (TPSA) is 38.7 Å². The van der Waals surface area contributed by atoms with E-state index in [-0.39, 0.29) is 10.8 Å². The number of hydrogen-bond donors (Lipinski definition) is 0. The summed E-state index contributed by atoms with van der Waals surface area (Å²) in [6.07, 6.45) is -3.28. The van der Waals surface area contributed by atoms with Crippen molar-refractivity contribution in [3.8, 4) is 0 Å². The molecule has 0 bridgehead atoms. The molecular formula is C8H3ClF3N3. The number of alkyl halides is 3. The maximum Gasteiger partial charge on any atom is 0.451 e. The first kappa shape index (κ1) is 10.1. The second-order valence-corrected chi connectivity index (χ2v) is 3.07. The third-order valence-electron chi connectivity index (χ3n) is 1.68. The summed E-state index contributed by atoms with van der Waals surface area (Å²) in [7, 11) is 0. The Morgan fingerprint density at radius 2 is 1.93 bits per heavy atom. The SMILES string of the molecule is FC(F)(F)c1nc(Cl)c2cccnc2n1. The molecule has 2 heterocycles. The number of hydrogen-bond acceptors (Lipinski definition) is 3. The Balaban J connectivity index is 2.73. The van der Waals surface area contributed by atoms with E-state index in [1.54, 1.807) is 6.07 Å². The highest BCUT2D eigenvalue weighted by Gasteiger charge is 2.35. The fourth-order valence-electron chi connectivity index (χ4n) is 1.05. The van der Waals surface area contributed by atoms with Gasteiger partial charge in [0.15, 0.2) is 5.65 Å². The van der Waals surface area contributed by atoms with Gasteiger partial charge in [0, 0.05) is 6.20 Å². The van der Waals surface area contributed by atoms with Gasteiger partial charge in [-0.3, -0.25) is 0 Å². The zero-order valence-corrected chi connectivity index (χ0v) is 7.84. The van der Waals surface area contributed by atoms with E-state index < -0.39 is 12.0 Å². The molecular weight excluding hydrogens is 231 g/mol. The van der Waals surface area contributed by atoms with Crippen LogP contribution in [0, 0.1) is 0 Å². The van der Waals surface area contributed by atoms with Crippen LogP contribution in [0.5, 0.6) is 0 Å². The Morgan fingerprint density at radius 1 is 1.20 bits per heavy atom. The van der Waals surface area contributed by atoms with Crippen molar-refractivity contribution >= 4 is 22.6 Å². The molecule has 2 rings (SSSR count). The van der Waals surface area contributed by atoms with E-state index >= 15 is 0 Å². The van der Waals surface area contributed by atoms with Gasteiger partial charge in [-0.25, -0.2) is 15.0 Å². The first-order valence-corrected chi connectivity index (χ1v) is 4.22. The van der Waals surface area contributed by atoms with Crippen LogP contribution in [0.15, 0.2) is 18.3 Å². The third kappa shape index (κ3) is 1.85. The highest BCUT2D eigenvalue weighted by molar-refractivity contribution is 6.33. The largest absolute Gasteiger partial charge is 0.451 e. The molecule has 0 N–H and O–H groups in total. The van der Waals surface area contributed by atoms with E-state index in [0.717, 1.165) is 0 Å². The van der Waals surface area contributed by atoms with Gasteiger partial charge >= 0.3 is 6.18 Å². The van der Waals surface area contributed by atoms with Gasteiger partial charge in [0.1, 0.15) is 5.15 Å². The number of rotatable bonds is 0. The molecule has 0 saturated carbocycles. The van der Waals surface area contributed by atoms with Crippen molar-refractivity contribution in [2.24, 2.45) is 0 Å². The smallest absolute Gasteiger partial charge is 0.236 e. The Hall–Kier alpha value is -1.43. The highest BCUT2D eigenvalue weighted by atomic mass is 35.5. The molecule has 0 fully saturated rings. The number of pyridine rings is 1. The van der Waals surface area contributed by atoms with Gasteiger partial charge in [0.2, 0.25) is 5.82 Å². The third-order valence-corrected chi connectivity index (χ3v) is 1.97. The van der Waals surface area contributed by atoms with Crippen molar-refractivity contribution in [2.75, 3.05) is 0 Å². The second kappa shape index (κ2) is 3.30. The second-order valence-electron chi connectivity index (χ2n) is 2.71. The molecule has 0 aliphatic carbocycles. The monoisotopic (exact) mass is 233 g/mol. The summed E-state index contributed by atoms with van der Waals surface area (Å²) in [5, 5.41) is 0.0487. The van der Waals surface area contributed by atoms with Gasteiger partial charge in [-0.1, -0.05) is 11.6 Å². The Labute approximate surface area is 86.9 Å². The summed E-state index contributed by atoms with van der Waals surface area (Å²) < 4.78 is 36.9. The molecule has 0 spiro atoms. The Kier molecular flexibility index (Phi) is 2.22. The van der Waals surface area contributed by atoms with Crippen LogP contribution in [0.1, 0.15) is 5.82 Å². The average molecular weight is 234 g/mol. The van der Waals surface area contributed by atoms with Crippen molar-refractivity contribution in [2.45, 2.75) is 6.18 Å². The maximum atomic E-state index is 12.3. The summed E-state index contributed by atoms with van der Waals surface area (Å²) >= 11 is 5.58. The lowest BCUT2D eigenvalue weighted by molar-refractivity contribution is -0.144. The lowest BCUT2D eigenvalue weighted by Gasteiger charge is -2.05. The molecule has 0 saturated heterocycles. The summed E-state index contributed by atoms with van der Waals surface area (Å²) in [6, 6.07) is 3.05. The van der Waals surface area contributed by atoms with Crippen molar-refractivity contribution < 1.29 is 13.2 Å². The van der Waals surface area contributed by atoms with Crippen LogP contribution in [-0.2, 0) is 6.18 Å². The van der Waals surface area contributed by atoms with Crippen molar-refractivity contribution in [3.63, 3.8) is 0 Å². The van der Waals surface area contributed by atoms with E-state index in [2.05, 4.69) is 15.0 Å². The first-order chi connectivity index (χ1) is 6.98. The zero-order chi connectivity index (χ0) is 11.1. The lowest BCUT2D eigenvalue weighted by atomic mass is 10.3. The molecule has 78 valence electrons. The fourth-order valence-corrected chi connectivity index (χ4v) is 1.28. The predicted molar refractivity (Wildman–Crippen MR) is 47.3 cm³/mol. The number of aromatic nitrogens is 3. The minimum absolute atomic E-state index is 0.0650. The van der Waals surface area contributed by atoms with Crippen LogP contribution in [0.2, 0.25) is 5.15 Å². The van der Waals surface area contributed by atoms with Gasteiger partial charge < -0.3 is 0 Å². The molecule has 7 heteroatoms. The molecule has 0 amide bonds. The van der Waals surface area contributed by atoms with Crippen LogP contribution in [0.3, 0.4) is 0 Å². The number of fused-ring (bicyclic) bond motifs is 1. The van der Waals surface area contributed by atoms with Gasteiger partial charge in [0.25, 0.3) is 0 Å². The zero-order valence-electron chi connectivity index (χ0n) is 7.09. The van der Waals surface area contributed by atoms with E-state index in [1.807, 2.05) is 0 Å². The summed E-state index contributed by atoms with van der Waals surface area (Å²) in [5.74, 6) is -1.28. The Morgan fingerprint density at radius 3 is 2.60 bits per heavy atom. The van der Waals surface area contributed by atoms with Gasteiger partial charge in [-0.15, -0.1) is 0 Å². The molecule has 0 aliphatic rings. The van der Waals surface area contributed by atoms with Gasteiger partial charge in [0.05, 0.1) is 5.39 Å². The predicted octanol–water partition coefficient (Wildman–Crippen LogP) is 2.70. The molecule has 0 aromatic carbocycles. The van der Waals surface area contributed by atoms with E-state index in [9.17, 15) is 13.2 Å². The van der Waals surface area contributed by atoms with E-state index in [0.29, 0.717) is 5.39 Å². The molecule has 15 heavy (non-hydrogen) atoms. The van der Waals surface area contributed by atoms with Crippen LogP contribution in [0.25, 0.3) is 11.0 Å². The van der Waals surface area contributed by atoms with Gasteiger partial charge in [-0.05, 0) is 12.1 Å². The van der Waals surface area contributed by atoms with Crippen molar-refractivity contribution in [1.82, 2.24) is 15.0 Å². The number of nitrogens with zero attached hydrogens (tertiary/aromatic N) is 3. The molecule has 0 atom stereocenters. The molecule has 2 aromatic heterocycles. The normalized spacial score (nSPS) is 12.0. The van der Waals surface area contributed by atoms with Crippen LogP contribution >= 0.6 is 11.6 Å². The molecule has 0 aliphatic heterocycles. The fraction of sp³-hybridized carbons (Fsp3) is 0.125. The molecule has 0 radical (unpaired) electrons. The average Bonchev–Trinajstić information content (AvgIpc) is 2.16. The molecule has 2 aromatic rings. The van der Waals surface area contributed by atoms with Crippen LogP contribution in [-0.4, -0.2) is 15.0 Å². The quantitative estimate of drug-likeness (QED) is 0.657. The van der Waals surface area contributed by atoms with Crippen LogP contribution < -0.4 is 0 Å². The minimum Gasteiger partial charge on any atom is -0.236 e. The highest BCUT2D eigenvalue weighted by Crippen LogP contribution is 2.29. The summed E-state index contributed by atoms with van der Waals surface area (Å²) in [5.41, 5.74) is -0.0650. The van der Waals surface area contributed by atoms with Crippen LogP contribution in [0.4, 0.5) is 13.2 Å². The van der Waals surface area contributed by atoms with Crippen molar-refractivity contribution in [1.29, 1.82) is 0 Å². The standard InChI is InChI=1S/C8H3ClF3N3/c9-5-4-2-1-3-13-6(4)15-7(14-5)8(10,11)12/h1-3H. The van der Waals surface area contributed by atoms with Gasteiger partial charge in [-0.2, -0.15) is 13.2 Å². The van der Waals surface area contributed by atoms with Crippen molar-refractivity contribution in [3.05, 3.63) is 29.3 Å².